The standard InChI is InChI=1S/C20H24F2N4O4/c21-20(22)9-11(10-20)8-15-18(28)26(19(29)25-15)12-3-5-13(6-4-12)30-17-14(16(23)27)2-1-7-24-17/h1-2,7,11-13,15H,3-6,8-10H2,(H2,23,27)(H,25,29). The summed E-state index contributed by atoms with van der Waals surface area (Å²) in [4.78, 5) is 41.9. The number of nitrogens with zero attached hydrogens (tertiary/aromatic N) is 2. The molecular weight excluding hydrogens is 398 g/mol. The molecule has 2 heterocycles. The lowest BCUT2D eigenvalue weighted by Gasteiger charge is -2.36. The van der Waals surface area contributed by atoms with Crippen LogP contribution < -0.4 is 15.8 Å². The highest BCUT2D eigenvalue weighted by molar-refractivity contribution is 6.04. The van der Waals surface area contributed by atoms with Crippen LogP contribution in [0.2, 0.25) is 0 Å². The summed E-state index contributed by atoms with van der Waals surface area (Å²) in [6.07, 6.45) is 3.37. The van der Waals surface area contributed by atoms with E-state index in [2.05, 4.69) is 10.3 Å². The van der Waals surface area contributed by atoms with Gasteiger partial charge in [0.25, 0.3) is 11.8 Å². The quantitative estimate of drug-likeness (QED) is 0.683. The summed E-state index contributed by atoms with van der Waals surface area (Å²) in [6, 6.07) is 1.70. The molecule has 8 nitrogen and oxygen atoms in total. The van der Waals surface area contributed by atoms with Crippen LogP contribution in [0.1, 0.15) is 55.3 Å². The highest BCUT2D eigenvalue weighted by Gasteiger charge is 2.49. The third-order valence-corrected chi connectivity index (χ3v) is 6.12. The summed E-state index contributed by atoms with van der Waals surface area (Å²) < 4.78 is 31.9. The lowest BCUT2D eigenvalue weighted by Crippen LogP contribution is -2.45. The van der Waals surface area contributed by atoms with Crippen molar-refractivity contribution >= 4 is 17.8 Å². The molecule has 0 bridgehead atoms. The molecule has 1 aromatic heterocycles. The number of hydrogen-bond donors (Lipinski definition) is 2. The average Bonchev–Trinajstić information content (AvgIpc) is 2.95. The van der Waals surface area contributed by atoms with E-state index in [1.165, 1.54) is 11.1 Å². The van der Waals surface area contributed by atoms with E-state index in [0.717, 1.165) is 0 Å². The molecule has 1 saturated heterocycles. The zero-order valence-corrected chi connectivity index (χ0v) is 16.4. The van der Waals surface area contributed by atoms with Gasteiger partial charge < -0.3 is 15.8 Å². The van der Waals surface area contributed by atoms with Gasteiger partial charge in [-0.1, -0.05) is 0 Å². The van der Waals surface area contributed by atoms with Crippen LogP contribution >= 0.6 is 0 Å². The molecule has 1 aliphatic heterocycles. The van der Waals surface area contributed by atoms with Gasteiger partial charge in [-0.15, -0.1) is 0 Å². The van der Waals surface area contributed by atoms with E-state index < -0.39 is 23.9 Å². The van der Waals surface area contributed by atoms with Crippen molar-refractivity contribution in [1.82, 2.24) is 15.2 Å². The summed E-state index contributed by atoms with van der Waals surface area (Å²) in [5.74, 6) is -3.66. The number of halogens is 2. The van der Waals surface area contributed by atoms with Crippen molar-refractivity contribution in [3.8, 4) is 5.88 Å². The van der Waals surface area contributed by atoms with Gasteiger partial charge in [0.15, 0.2) is 0 Å². The van der Waals surface area contributed by atoms with Crippen LogP contribution in [0.5, 0.6) is 5.88 Å². The maximum absolute atomic E-state index is 13.0. The average molecular weight is 422 g/mol. The monoisotopic (exact) mass is 422 g/mol. The van der Waals surface area contributed by atoms with Crippen LogP contribution in [0.3, 0.4) is 0 Å². The fraction of sp³-hybridized carbons (Fsp3) is 0.600. The van der Waals surface area contributed by atoms with E-state index in [1.807, 2.05) is 0 Å². The molecule has 1 unspecified atom stereocenters. The number of carbonyl (C=O) groups is 3. The molecule has 3 aliphatic rings. The Balaban J connectivity index is 1.31. The minimum atomic E-state index is -2.64. The van der Waals surface area contributed by atoms with Gasteiger partial charge in [0.2, 0.25) is 11.8 Å². The molecule has 0 radical (unpaired) electrons. The van der Waals surface area contributed by atoms with Crippen molar-refractivity contribution in [2.24, 2.45) is 11.7 Å². The predicted octanol–water partition coefficient (Wildman–Crippen LogP) is 2.23. The van der Waals surface area contributed by atoms with E-state index in [0.29, 0.717) is 25.7 Å². The number of rotatable bonds is 6. The molecule has 4 rings (SSSR count). The largest absolute Gasteiger partial charge is 0.474 e. The normalized spacial score (nSPS) is 28.7. The zero-order valence-electron chi connectivity index (χ0n) is 16.4. The Morgan fingerprint density at radius 2 is 1.97 bits per heavy atom. The molecule has 2 saturated carbocycles. The number of primary amides is 1. The SMILES string of the molecule is NC(=O)c1cccnc1OC1CCC(N2C(=O)NC(CC3CC(F)(F)C3)C2=O)CC1. The number of ether oxygens (including phenoxy) is 1. The molecule has 1 atom stereocenters. The summed E-state index contributed by atoms with van der Waals surface area (Å²) in [6.45, 7) is 0. The third kappa shape index (κ3) is 4.08. The summed E-state index contributed by atoms with van der Waals surface area (Å²) in [5, 5.41) is 2.65. The van der Waals surface area contributed by atoms with Gasteiger partial charge in [0, 0.05) is 25.1 Å². The van der Waals surface area contributed by atoms with Crippen molar-refractivity contribution in [1.29, 1.82) is 0 Å². The van der Waals surface area contributed by atoms with E-state index in [-0.39, 0.29) is 54.7 Å². The van der Waals surface area contributed by atoms with Crippen LogP contribution in [0.4, 0.5) is 13.6 Å². The zero-order chi connectivity index (χ0) is 21.5. The number of nitrogens with one attached hydrogen (secondary N) is 1. The predicted molar refractivity (Wildman–Crippen MR) is 101 cm³/mol. The minimum Gasteiger partial charge on any atom is -0.474 e. The fourth-order valence-electron chi connectivity index (χ4n) is 4.59. The molecule has 10 heteroatoms. The highest BCUT2D eigenvalue weighted by atomic mass is 19.3. The van der Waals surface area contributed by atoms with E-state index in [1.54, 1.807) is 12.1 Å². The summed E-state index contributed by atoms with van der Waals surface area (Å²) >= 11 is 0. The molecule has 3 N–H and O–H groups in total. The maximum atomic E-state index is 13.0. The second-order valence-corrected chi connectivity index (χ2v) is 8.34. The number of carbonyl (C=O) groups excluding carboxylic acids is 3. The van der Waals surface area contributed by atoms with Crippen molar-refractivity contribution in [2.75, 3.05) is 0 Å². The Labute approximate surface area is 172 Å². The van der Waals surface area contributed by atoms with Crippen molar-refractivity contribution in [2.45, 2.75) is 69.1 Å². The Bertz CT molecular complexity index is 849. The molecule has 0 aromatic carbocycles. The number of alkyl halides is 2. The number of urea groups is 1. The molecule has 30 heavy (non-hydrogen) atoms. The van der Waals surface area contributed by atoms with E-state index >= 15 is 0 Å². The topological polar surface area (TPSA) is 115 Å². The molecule has 162 valence electrons. The molecule has 1 aromatic rings. The van der Waals surface area contributed by atoms with Gasteiger partial charge in [0.05, 0.1) is 0 Å². The van der Waals surface area contributed by atoms with Crippen LogP contribution in [-0.2, 0) is 4.79 Å². The van der Waals surface area contributed by atoms with Gasteiger partial charge in [-0.2, -0.15) is 0 Å². The van der Waals surface area contributed by atoms with Gasteiger partial charge in [-0.05, 0) is 50.2 Å². The number of aromatic nitrogens is 1. The molecule has 4 amide bonds. The highest BCUT2D eigenvalue weighted by Crippen LogP contribution is 2.45. The van der Waals surface area contributed by atoms with Crippen LogP contribution in [0.15, 0.2) is 18.3 Å². The van der Waals surface area contributed by atoms with Gasteiger partial charge >= 0.3 is 6.03 Å². The first-order valence-corrected chi connectivity index (χ1v) is 10.2. The van der Waals surface area contributed by atoms with E-state index in [9.17, 15) is 23.2 Å². The molecule has 0 spiro atoms. The Morgan fingerprint density at radius 1 is 1.27 bits per heavy atom. The van der Waals surface area contributed by atoms with E-state index in [4.69, 9.17) is 10.5 Å². The van der Waals surface area contributed by atoms with Gasteiger partial charge in [-0.3, -0.25) is 14.5 Å². The lowest BCUT2D eigenvalue weighted by atomic mass is 9.77. The smallest absolute Gasteiger partial charge is 0.325 e. The second kappa shape index (κ2) is 7.81. The first-order chi connectivity index (χ1) is 14.2. The summed E-state index contributed by atoms with van der Waals surface area (Å²) in [7, 11) is 0. The lowest BCUT2D eigenvalue weighted by molar-refractivity contribution is -0.134. The van der Waals surface area contributed by atoms with Gasteiger partial charge in [-0.25, -0.2) is 18.6 Å². The molecular formula is C20H24F2N4O4. The minimum absolute atomic E-state index is 0.181. The van der Waals surface area contributed by atoms with Crippen LogP contribution in [0.25, 0.3) is 0 Å². The fourth-order valence-corrected chi connectivity index (χ4v) is 4.59. The number of pyridine rings is 1. The van der Waals surface area contributed by atoms with Crippen LogP contribution in [0, 0.1) is 5.92 Å². The van der Waals surface area contributed by atoms with Crippen molar-refractivity contribution in [3.05, 3.63) is 23.9 Å². The number of nitrogens with two attached hydrogens (primary N) is 1. The maximum Gasteiger partial charge on any atom is 0.325 e. The second-order valence-electron chi connectivity index (χ2n) is 8.34. The first-order valence-electron chi connectivity index (χ1n) is 10.2. The third-order valence-electron chi connectivity index (χ3n) is 6.12. The number of imide groups is 1. The first kappa shape index (κ1) is 20.5. The number of hydrogen-bond acceptors (Lipinski definition) is 5. The van der Waals surface area contributed by atoms with Crippen molar-refractivity contribution in [3.63, 3.8) is 0 Å². The number of amides is 4. The Kier molecular flexibility index (Phi) is 5.33. The van der Waals surface area contributed by atoms with Gasteiger partial charge in [0.1, 0.15) is 17.7 Å². The molecule has 3 fully saturated rings. The van der Waals surface area contributed by atoms with Crippen molar-refractivity contribution < 1.29 is 27.9 Å². The van der Waals surface area contributed by atoms with Crippen LogP contribution in [-0.4, -0.2) is 51.8 Å². The Hall–Kier alpha value is -2.78. The summed E-state index contributed by atoms with van der Waals surface area (Å²) in [5.41, 5.74) is 5.55. The molecule has 2 aliphatic carbocycles. The Morgan fingerprint density at radius 3 is 2.60 bits per heavy atom.